The van der Waals surface area contributed by atoms with Gasteiger partial charge in [-0.25, -0.2) is 0 Å². The molecule has 1 N–H and O–H groups in total. The third kappa shape index (κ3) is 2.95. The summed E-state index contributed by atoms with van der Waals surface area (Å²) in [5.41, 5.74) is 1.18. The van der Waals surface area contributed by atoms with E-state index in [2.05, 4.69) is 0 Å². The first-order valence-corrected chi connectivity index (χ1v) is 6.29. The van der Waals surface area contributed by atoms with E-state index in [4.69, 9.17) is 4.74 Å². The van der Waals surface area contributed by atoms with Crippen LogP contribution >= 0.6 is 0 Å². The molecule has 2 aromatic carbocycles. The van der Waals surface area contributed by atoms with Crippen LogP contribution in [0.5, 0.6) is 11.5 Å². The van der Waals surface area contributed by atoms with Gasteiger partial charge in [0, 0.05) is 6.07 Å². The van der Waals surface area contributed by atoms with E-state index < -0.39 is 11.5 Å². The molecule has 0 spiro atoms. The van der Waals surface area contributed by atoms with Crippen LogP contribution in [0.2, 0.25) is 0 Å². The van der Waals surface area contributed by atoms with Crippen molar-refractivity contribution in [3.05, 3.63) is 63.7 Å². The van der Waals surface area contributed by atoms with Crippen molar-refractivity contribution in [3.63, 3.8) is 0 Å². The van der Waals surface area contributed by atoms with Gasteiger partial charge in [0.1, 0.15) is 11.5 Å². The SMILES string of the molecule is CCc1ccccc1Oc1ccc([N+](=O)[O-])c(CO)c1. The van der Waals surface area contributed by atoms with Crippen LogP contribution in [0.1, 0.15) is 18.1 Å². The Hall–Kier alpha value is -2.40. The fraction of sp³-hybridized carbons (Fsp3) is 0.200. The minimum atomic E-state index is -0.519. The zero-order chi connectivity index (χ0) is 14.5. The van der Waals surface area contributed by atoms with Crippen molar-refractivity contribution in [1.29, 1.82) is 0 Å². The Bertz CT molecular complexity index is 625. The van der Waals surface area contributed by atoms with Gasteiger partial charge >= 0.3 is 0 Å². The Morgan fingerprint density at radius 2 is 1.95 bits per heavy atom. The van der Waals surface area contributed by atoms with Gasteiger partial charge in [-0.1, -0.05) is 25.1 Å². The molecule has 5 heteroatoms. The second kappa shape index (κ2) is 6.16. The molecule has 0 saturated carbocycles. The number of aliphatic hydroxyl groups is 1. The highest BCUT2D eigenvalue weighted by Crippen LogP contribution is 2.29. The van der Waals surface area contributed by atoms with Gasteiger partial charge in [0.25, 0.3) is 5.69 Å². The Balaban J connectivity index is 2.32. The largest absolute Gasteiger partial charge is 0.457 e. The van der Waals surface area contributed by atoms with Crippen molar-refractivity contribution in [2.75, 3.05) is 0 Å². The van der Waals surface area contributed by atoms with E-state index in [9.17, 15) is 15.2 Å². The number of para-hydroxylation sites is 1. The summed E-state index contributed by atoms with van der Waals surface area (Å²) in [7, 11) is 0. The number of aliphatic hydroxyl groups excluding tert-OH is 1. The van der Waals surface area contributed by atoms with E-state index in [1.54, 1.807) is 0 Å². The summed E-state index contributed by atoms with van der Waals surface area (Å²) in [6, 6.07) is 12.0. The molecular formula is C15H15NO4. The molecule has 0 amide bonds. The molecule has 2 aromatic rings. The Labute approximate surface area is 116 Å². The number of hydrogen-bond acceptors (Lipinski definition) is 4. The minimum absolute atomic E-state index is 0.108. The topological polar surface area (TPSA) is 72.6 Å². The van der Waals surface area contributed by atoms with Gasteiger partial charge in [-0.3, -0.25) is 10.1 Å². The van der Waals surface area contributed by atoms with E-state index in [1.807, 2.05) is 31.2 Å². The van der Waals surface area contributed by atoms with Crippen LogP contribution < -0.4 is 4.74 Å². The number of nitro benzene ring substituents is 1. The van der Waals surface area contributed by atoms with Crippen LogP contribution in [-0.2, 0) is 13.0 Å². The summed E-state index contributed by atoms with van der Waals surface area (Å²) in [5, 5.41) is 20.0. The van der Waals surface area contributed by atoms with Gasteiger partial charge in [0.2, 0.25) is 0 Å². The average molecular weight is 273 g/mol. The van der Waals surface area contributed by atoms with Crippen LogP contribution in [0.25, 0.3) is 0 Å². The number of nitro groups is 1. The van der Waals surface area contributed by atoms with Crippen molar-refractivity contribution in [2.45, 2.75) is 20.0 Å². The second-order valence-electron chi connectivity index (χ2n) is 4.27. The Morgan fingerprint density at radius 1 is 1.20 bits per heavy atom. The van der Waals surface area contributed by atoms with E-state index in [0.717, 1.165) is 12.0 Å². The van der Waals surface area contributed by atoms with Crippen molar-refractivity contribution in [2.24, 2.45) is 0 Å². The van der Waals surface area contributed by atoms with Crippen LogP contribution in [0.4, 0.5) is 5.69 Å². The van der Waals surface area contributed by atoms with Gasteiger partial charge in [0.05, 0.1) is 17.1 Å². The zero-order valence-corrected chi connectivity index (χ0v) is 11.1. The number of benzene rings is 2. The molecule has 0 aliphatic carbocycles. The van der Waals surface area contributed by atoms with E-state index in [1.165, 1.54) is 18.2 Å². The fourth-order valence-corrected chi connectivity index (χ4v) is 1.95. The third-order valence-electron chi connectivity index (χ3n) is 3.00. The number of nitrogens with zero attached hydrogens (tertiary/aromatic N) is 1. The Morgan fingerprint density at radius 3 is 2.60 bits per heavy atom. The summed E-state index contributed by atoms with van der Waals surface area (Å²) < 4.78 is 5.74. The van der Waals surface area contributed by atoms with Crippen molar-refractivity contribution in [1.82, 2.24) is 0 Å². The van der Waals surface area contributed by atoms with Crippen LogP contribution in [0.15, 0.2) is 42.5 Å². The average Bonchev–Trinajstić information content (AvgIpc) is 2.47. The number of hydrogen-bond donors (Lipinski definition) is 1. The predicted molar refractivity (Wildman–Crippen MR) is 74.9 cm³/mol. The first-order chi connectivity index (χ1) is 9.65. The molecule has 0 aromatic heterocycles. The first-order valence-electron chi connectivity index (χ1n) is 6.29. The number of ether oxygens (including phenoxy) is 1. The highest BCUT2D eigenvalue weighted by atomic mass is 16.6. The molecule has 0 unspecified atom stereocenters. The minimum Gasteiger partial charge on any atom is -0.457 e. The molecule has 0 bridgehead atoms. The molecule has 0 aliphatic heterocycles. The first kappa shape index (κ1) is 14.0. The van der Waals surface area contributed by atoms with Gasteiger partial charge in [-0.2, -0.15) is 0 Å². The number of aryl methyl sites for hydroxylation is 1. The summed E-state index contributed by atoms with van der Waals surface area (Å²) in [6.07, 6.45) is 0.829. The molecular weight excluding hydrogens is 258 g/mol. The maximum Gasteiger partial charge on any atom is 0.275 e. The van der Waals surface area contributed by atoms with Gasteiger partial charge in [0.15, 0.2) is 0 Å². The lowest BCUT2D eigenvalue weighted by atomic mass is 10.1. The maximum atomic E-state index is 10.8. The lowest BCUT2D eigenvalue weighted by Crippen LogP contribution is -1.97. The molecule has 0 aliphatic rings. The third-order valence-corrected chi connectivity index (χ3v) is 3.00. The highest BCUT2D eigenvalue weighted by Gasteiger charge is 2.14. The second-order valence-corrected chi connectivity index (χ2v) is 4.27. The van der Waals surface area contributed by atoms with E-state index in [0.29, 0.717) is 11.5 Å². The summed E-state index contributed by atoms with van der Waals surface area (Å²) in [4.78, 5) is 10.3. The quantitative estimate of drug-likeness (QED) is 0.669. The van der Waals surface area contributed by atoms with Crippen LogP contribution in [0.3, 0.4) is 0 Å². The standard InChI is InChI=1S/C15H15NO4/c1-2-11-5-3-4-6-15(11)20-13-7-8-14(16(18)19)12(9-13)10-17/h3-9,17H,2,10H2,1H3. The molecule has 104 valence electrons. The summed E-state index contributed by atoms with van der Waals surface area (Å²) in [5.74, 6) is 1.19. The van der Waals surface area contributed by atoms with Crippen LogP contribution in [0, 0.1) is 10.1 Å². The zero-order valence-electron chi connectivity index (χ0n) is 11.1. The van der Waals surface area contributed by atoms with Crippen LogP contribution in [-0.4, -0.2) is 10.0 Å². The Kier molecular flexibility index (Phi) is 4.32. The summed E-state index contributed by atoms with van der Waals surface area (Å²) >= 11 is 0. The number of rotatable bonds is 5. The normalized spacial score (nSPS) is 10.3. The summed E-state index contributed by atoms with van der Waals surface area (Å²) in [6.45, 7) is 1.63. The van der Waals surface area contributed by atoms with E-state index in [-0.39, 0.29) is 11.3 Å². The van der Waals surface area contributed by atoms with Gasteiger partial charge < -0.3 is 9.84 Å². The molecule has 2 rings (SSSR count). The van der Waals surface area contributed by atoms with E-state index >= 15 is 0 Å². The monoisotopic (exact) mass is 273 g/mol. The van der Waals surface area contributed by atoms with Crippen molar-refractivity contribution >= 4 is 5.69 Å². The molecule has 0 heterocycles. The van der Waals surface area contributed by atoms with Gasteiger partial charge in [-0.15, -0.1) is 0 Å². The maximum absolute atomic E-state index is 10.8. The highest BCUT2D eigenvalue weighted by molar-refractivity contribution is 5.47. The predicted octanol–water partition coefficient (Wildman–Crippen LogP) is 3.44. The molecule has 0 saturated heterocycles. The fourth-order valence-electron chi connectivity index (χ4n) is 1.95. The lowest BCUT2D eigenvalue weighted by molar-refractivity contribution is -0.385. The lowest BCUT2D eigenvalue weighted by Gasteiger charge is -2.10. The van der Waals surface area contributed by atoms with Gasteiger partial charge in [-0.05, 0) is 30.2 Å². The molecule has 20 heavy (non-hydrogen) atoms. The van der Waals surface area contributed by atoms with Crippen molar-refractivity contribution in [3.8, 4) is 11.5 Å². The molecule has 0 radical (unpaired) electrons. The molecule has 0 fully saturated rings. The molecule has 5 nitrogen and oxygen atoms in total. The smallest absolute Gasteiger partial charge is 0.275 e. The van der Waals surface area contributed by atoms with Crippen molar-refractivity contribution < 1.29 is 14.8 Å². The molecule has 0 atom stereocenters.